The summed E-state index contributed by atoms with van der Waals surface area (Å²) in [6, 6.07) is 11.8. The minimum Gasteiger partial charge on any atom is -0.461 e. The summed E-state index contributed by atoms with van der Waals surface area (Å²) in [6.45, 7) is 10.4. The van der Waals surface area contributed by atoms with Gasteiger partial charge in [0.15, 0.2) is 0 Å². The van der Waals surface area contributed by atoms with Crippen molar-refractivity contribution in [1.29, 1.82) is 0 Å². The van der Waals surface area contributed by atoms with Crippen molar-refractivity contribution in [3.63, 3.8) is 0 Å². The van der Waals surface area contributed by atoms with Crippen molar-refractivity contribution in [2.75, 3.05) is 50.8 Å². The number of anilines is 1. The van der Waals surface area contributed by atoms with Gasteiger partial charge in [0.05, 0.1) is 11.1 Å². The fourth-order valence-electron chi connectivity index (χ4n) is 11.3. The molecule has 4 saturated heterocycles. The van der Waals surface area contributed by atoms with Crippen LogP contribution in [0.15, 0.2) is 30.3 Å². The minimum absolute atomic E-state index is 0.0740. The van der Waals surface area contributed by atoms with Crippen LogP contribution in [-0.2, 0) is 11.2 Å². The van der Waals surface area contributed by atoms with E-state index in [9.17, 15) is 4.79 Å². The Morgan fingerprint density at radius 2 is 1.81 bits per heavy atom. The molecule has 6 atom stereocenters. The number of terminal acetylenes is 1. The zero-order chi connectivity index (χ0) is 35.4. The van der Waals surface area contributed by atoms with Gasteiger partial charge in [-0.05, 0) is 143 Å². The Morgan fingerprint density at radius 1 is 0.981 bits per heavy atom. The molecule has 8 heteroatoms. The lowest BCUT2D eigenvalue weighted by Crippen LogP contribution is -2.48. The normalized spacial score (nSPS) is 29.9. The van der Waals surface area contributed by atoms with E-state index >= 15 is 0 Å². The number of amides is 1. The number of fused-ring (bicyclic) bond motifs is 5. The van der Waals surface area contributed by atoms with Crippen LogP contribution < -0.4 is 9.64 Å². The van der Waals surface area contributed by atoms with Gasteiger partial charge < -0.3 is 19.3 Å². The van der Waals surface area contributed by atoms with Gasteiger partial charge >= 0.3 is 12.1 Å². The maximum atomic E-state index is 12.8. The zero-order valence-corrected chi connectivity index (χ0v) is 31.2. The highest BCUT2D eigenvalue weighted by Crippen LogP contribution is 2.46. The Bertz CT molecular complexity index is 1870. The summed E-state index contributed by atoms with van der Waals surface area (Å²) >= 11 is 0. The summed E-state index contributed by atoms with van der Waals surface area (Å²) < 4.78 is 12.7. The molecule has 8 nitrogen and oxygen atoms in total. The topological polar surface area (TPSA) is 71.0 Å². The average molecular weight is 702 g/mol. The molecule has 9 rings (SSSR count). The molecule has 4 unspecified atom stereocenters. The Morgan fingerprint density at radius 3 is 2.62 bits per heavy atom. The monoisotopic (exact) mass is 701 g/mol. The molecule has 1 aromatic heterocycles. The van der Waals surface area contributed by atoms with Gasteiger partial charge in [-0.2, -0.15) is 9.97 Å². The van der Waals surface area contributed by atoms with Crippen molar-refractivity contribution in [2.45, 2.75) is 108 Å². The van der Waals surface area contributed by atoms with Crippen LogP contribution in [0.25, 0.3) is 10.9 Å². The van der Waals surface area contributed by atoms with E-state index in [0.29, 0.717) is 25.1 Å². The molecular weight excluding hydrogens is 647 g/mol. The van der Waals surface area contributed by atoms with Gasteiger partial charge in [0.2, 0.25) is 0 Å². The summed E-state index contributed by atoms with van der Waals surface area (Å²) in [6.07, 6.45) is 19.7. The first-order chi connectivity index (χ1) is 25.4. The van der Waals surface area contributed by atoms with Crippen LogP contribution in [0.1, 0.15) is 111 Å². The predicted molar refractivity (Wildman–Crippen MR) is 205 cm³/mol. The van der Waals surface area contributed by atoms with Gasteiger partial charge in [-0.25, -0.2) is 4.79 Å². The Hall–Kier alpha value is -3.83. The van der Waals surface area contributed by atoms with E-state index in [2.05, 4.69) is 59.9 Å². The molecule has 1 amide bonds. The number of ether oxygens (including phenoxy) is 2. The van der Waals surface area contributed by atoms with Crippen molar-refractivity contribution < 1.29 is 14.3 Å². The zero-order valence-electron chi connectivity index (χ0n) is 31.2. The quantitative estimate of drug-likeness (QED) is 0.232. The van der Waals surface area contributed by atoms with Crippen LogP contribution in [0.4, 0.5) is 10.6 Å². The van der Waals surface area contributed by atoms with Crippen LogP contribution in [0.5, 0.6) is 6.01 Å². The first kappa shape index (κ1) is 34.0. The molecular formula is C44H55N5O3. The van der Waals surface area contributed by atoms with E-state index in [1.807, 2.05) is 4.90 Å². The standard InChI is InChI=1S/C44H55N5O3/c1-4-33-10-8-11-34-22-29(2)23-38(39(33)34)36-14-15-37-40(30(36)3)45-42(46-41(37)48-25-31-12-13-32(24-31)26-48)52-28-44-17-9-21-49(44)35(16-18-44)27-51-43(50)47-19-6-5-7-20-47/h1,8,10-11,14-15,29,31-32,35,38H,5-7,9,12-13,16-28H2,2-3H3/t29-,31?,32?,35?,38+,44?/m1/s1. The molecule has 2 aromatic carbocycles. The SMILES string of the molecule is C#Cc1cccc2c1[C@H](c1ccc3c(N4CC5CCC(C5)C4)nc(OCC45CCCN4C(COC(=O)N4CCCCC4)CC5)nc3c1C)C[C@H](C)C2. The fraction of sp³-hybridized carbons (Fsp3) is 0.614. The second-order valence-electron chi connectivity index (χ2n) is 17.2. The number of piperidine rings is 2. The van der Waals surface area contributed by atoms with Gasteiger partial charge in [0.25, 0.3) is 0 Å². The predicted octanol–water partition coefficient (Wildman–Crippen LogP) is 7.87. The van der Waals surface area contributed by atoms with Crippen molar-refractivity contribution in [3.8, 4) is 18.4 Å². The maximum Gasteiger partial charge on any atom is 0.409 e. The molecule has 0 N–H and O–H groups in total. The number of carbonyl (C=O) groups is 1. The van der Waals surface area contributed by atoms with Gasteiger partial charge in [-0.15, -0.1) is 6.42 Å². The fourth-order valence-corrected chi connectivity index (χ4v) is 11.3. The summed E-state index contributed by atoms with van der Waals surface area (Å²) in [5.41, 5.74) is 7.17. The summed E-state index contributed by atoms with van der Waals surface area (Å²) in [5.74, 6) is 6.32. The smallest absolute Gasteiger partial charge is 0.409 e. The van der Waals surface area contributed by atoms with Crippen molar-refractivity contribution in [1.82, 2.24) is 19.8 Å². The third kappa shape index (κ3) is 6.11. The van der Waals surface area contributed by atoms with Gasteiger partial charge in [0.1, 0.15) is 19.0 Å². The van der Waals surface area contributed by atoms with E-state index in [1.165, 1.54) is 47.9 Å². The number of likely N-dealkylation sites (tertiary alicyclic amines) is 1. The Kier molecular flexibility index (Phi) is 9.06. The van der Waals surface area contributed by atoms with Crippen molar-refractivity contribution in [2.24, 2.45) is 17.8 Å². The number of hydrogen-bond donors (Lipinski definition) is 0. The highest BCUT2D eigenvalue weighted by atomic mass is 16.6. The minimum atomic E-state index is -0.146. The average Bonchev–Trinajstić information content (AvgIpc) is 3.85. The lowest BCUT2D eigenvalue weighted by Gasteiger charge is -2.35. The molecule has 0 spiro atoms. The molecule has 0 radical (unpaired) electrons. The number of benzene rings is 2. The Labute approximate surface area is 309 Å². The van der Waals surface area contributed by atoms with Crippen molar-refractivity contribution >= 4 is 22.8 Å². The highest BCUT2D eigenvalue weighted by molar-refractivity contribution is 5.93. The highest BCUT2D eigenvalue weighted by Gasteiger charge is 2.50. The van der Waals surface area contributed by atoms with Crippen LogP contribution in [-0.4, -0.2) is 83.4 Å². The molecule has 4 aliphatic heterocycles. The number of hydrogen-bond acceptors (Lipinski definition) is 7. The molecule has 2 aliphatic carbocycles. The molecule has 5 heterocycles. The van der Waals surface area contributed by atoms with Crippen molar-refractivity contribution in [3.05, 3.63) is 58.1 Å². The molecule has 52 heavy (non-hydrogen) atoms. The van der Waals surface area contributed by atoms with Gasteiger partial charge in [0, 0.05) is 49.1 Å². The lowest BCUT2D eigenvalue weighted by molar-refractivity contribution is 0.0420. The van der Waals surface area contributed by atoms with Crippen LogP contribution >= 0.6 is 0 Å². The number of aryl methyl sites for hydroxylation is 1. The molecule has 6 aliphatic rings. The molecule has 3 aromatic rings. The largest absolute Gasteiger partial charge is 0.461 e. The van der Waals surface area contributed by atoms with Gasteiger partial charge in [-0.1, -0.05) is 31.0 Å². The lowest BCUT2D eigenvalue weighted by atomic mass is 9.72. The molecule has 2 bridgehead atoms. The maximum absolute atomic E-state index is 12.8. The summed E-state index contributed by atoms with van der Waals surface area (Å²) in [4.78, 5) is 30.4. The van der Waals surface area contributed by atoms with Gasteiger partial charge in [-0.3, -0.25) is 4.90 Å². The molecule has 274 valence electrons. The van der Waals surface area contributed by atoms with E-state index in [4.69, 9.17) is 25.9 Å². The van der Waals surface area contributed by atoms with E-state index in [1.54, 1.807) is 0 Å². The second kappa shape index (κ2) is 13.9. The Balaban J connectivity index is 1.02. The third-order valence-electron chi connectivity index (χ3n) is 13.8. The number of rotatable bonds is 7. The first-order valence-electron chi connectivity index (χ1n) is 20.3. The number of carbonyl (C=O) groups excluding carboxylic acids is 1. The molecule has 5 fully saturated rings. The first-order valence-corrected chi connectivity index (χ1v) is 20.3. The number of nitrogens with zero attached hydrogens (tertiary/aromatic N) is 5. The van der Waals surface area contributed by atoms with E-state index < -0.39 is 0 Å². The molecule has 1 saturated carbocycles. The number of aromatic nitrogens is 2. The van der Waals surface area contributed by atoms with Crippen LogP contribution in [0.2, 0.25) is 0 Å². The summed E-state index contributed by atoms with van der Waals surface area (Å²) in [5, 5.41) is 1.13. The van der Waals surface area contributed by atoms with Crippen LogP contribution in [0, 0.1) is 37.0 Å². The van der Waals surface area contributed by atoms with Crippen LogP contribution in [0.3, 0.4) is 0 Å². The third-order valence-corrected chi connectivity index (χ3v) is 13.8. The van der Waals surface area contributed by atoms with E-state index in [0.717, 1.165) is 118 Å². The summed E-state index contributed by atoms with van der Waals surface area (Å²) in [7, 11) is 0. The van der Waals surface area contributed by atoms with E-state index in [-0.39, 0.29) is 23.6 Å². The second-order valence-corrected chi connectivity index (χ2v) is 17.2.